The number of nitrogens with one attached hydrogen (secondary N) is 1. The highest BCUT2D eigenvalue weighted by molar-refractivity contribution is 6.06. The molecule has 0 aliphatic rings. The summed E-state index contributed by atoms with van der Waals surface area (Å²) >= 11 is 0. The number of carbonyl (C=O) groups is 2. The first-order valence-electron chi connectivity index (χ1n) is 7.21. The predicted octanol–water partition coefficient (Wildman–Crippen LogP) is 1.12. The van der Waals surface area contributed by atoms with Crippen molar-refractivity contribution in [3.05, 3.63) is 35.4 Å². The number of fused-ring (bicyclic) bond motifs is 1. The summed E-state index contributed by atoms with van der Waals surface area (Å²) in [6.45, 7) is 3.35. The second kappa shape index (κ2) is 5.76. The Kier molecular flexibility index (Phi) is 3.76. The van der Waals surface area contributed by atoms with Crippen LogP contribution in [0, 0.1) is 13.8 Å². The average Bonchev–Trinajstić information content (AvgIpc) is 3.02. The van der Waals surface area contributed by atoms with Crippen LogP contribution in [0.3, 0.4) is 0 Å². The molecule has 0 aliphatic carbocycles. The van der Waals surface area contributed by atoms with Crippen molar-refractivity contribution in [2.45, 2.75) is 20.4 Å². The fraction of sp³-hybridized carbons (Fsp3) is 0.267. The first kappa shape index (κ1) is 15.7. The maximum Gasteiger partial charge on any atom is 0.325 e. The number of aromatic nitrogens is 5. The van der Waals surface area contributed by atoms with Crippen LogP contribution in [-0.4, -0.2) is 41.5 Å². The highest BCUT2D eigenvalue weighted by atomic mass is 16.4. The molecule has 2 N–H and O–H groups in total. The van der Waals surface area contributed by atoms with Gasteiger partial charge in [-0.1, -0.05) is 0 Å². The summed E-state index contributed by atoms with van der Waals surface area (Å²) < 4.78 is 2.91. The van der Waals surface area contributed by atoms with Crippen LogP contribution in [-0.2, 0) is 18.4 Å². The molecule has 9 heteroatoms. The Labute approximate surface area is 136 Å². The van der Waals surface area contributed by atoms with E-state index in [4.69, 9.17) is 5.11 Å². The summed E-state index contributed by atoms with van der Waals surface area (Å²) in [5, 5.41) is 20.4. The van der Waals surface area contributed by atoms with Gasteiger partial charge in [-0.2, -0.15) is 10.2 Å². The van der Waals surface area contributed by atoms with Crippen LogP contribution in [0.1, 0.15) is 21.7 Å². The van der Waals surface area contributed by atoms with E-state index < -0.39 is 5.97 Å². The van der Waals surface area contributed by atoms with Gasteiger partial charge in [-0.15, -0.1) is 0 Å². The molecule has 3 aromatic heterocycles. The molecule has 0 radical (unpaired) electrons. The lowest BCUT2D eigenvalue weighted by Crippen LogP contribution is -2.14. The van der Waals surface area contributed by atoms with Crippen molar-refractivity contribution in [3.63, 3.8) is 0 Å². The van der Waals surface area contributed by atoms with Gasteiger partial charge in [-0.3, -0.25) is 19.0 Å². The van der Waals surface area contributed by atoms with E-state index in [0.717, 1.165) is 16.7 Å². The van der Waals surface area contributed by atoms with Gasteiger partial charge in [0.2, 0.25) is 0 Å². The zero-order valence-electron chi connectivity index (χ0n) is 13.4. The van der Waals surface area contributed by atoms with Crippen LogP contribution in [0.2, 0.25) is 0 Å². The van der Waals surface area contributed by atoms with Crippen molar-refractivity contribution in [1.82, 2.24) is 24.5 Å². The van der Waals surface area contributed by atoms with E-state index in [2.05, 4.69) is 20.5 Å². The van der Waals surface area contributed by atoms with Gasteiger partial charge in [0.1, 0.15) is 6.54 Å². The van der Waals surface area contributed by atoms with Crippen molar-refractivity contribution in [1.29, 1.82) is 0 Å². The zero-order chi connectivity index (χ0) is 17.4. The molecule has 1 amide bonds. The van der Waals surface area contributed by atoms with Crippen LogP contribution in [0.25, 0.3) is 11.0 Å². The fourth-order valence-corrected chi connectivity index (χ4v) is 2.51. The number of hydrogen-bond acceptors (Lipinski definition) is 5. The molecule has 0 bridgehead atoms. The van der Waals surface area contributed by atoms with Gasteiger partial charge in [0.25, 0.3) is 5.91 Å². The molecule has 0 atom stereocenters. The number of pyridine rings is 1. The Balaban J connectivity index is 1.88. The number of carboxylic acids is 1. The average molecular weight is 328 g/mol. The second-order valence-electron chi connectivity index (χ2n) is 5.48. The molecule has 9 nitrogen and oxygen atoms in total. The minimum Gasteiger partial charge on any atom is -0.480 e. The number of carbonyl (C=O) groups excluding carboxylic acids is 1. The summed E-state index contributed by atoms with van der Waals surface area (Å²) in [6, 6.07) is 1.76. The lowest BCUT2D eigenvalue weighted by Gasteiger charge is -2.06. The van der Waals surface area contributed by atoms with Crippen LogP contribution in [0.15, 0.2) is 18.5 Å². The molecule has 124 valence electrons. The number of carboxylic acid groups (broad SMARTS) is 1. The van der Waals surface area contributed by atoms with Crippen molar-refractivity contribution >= 4 is 28.6 Å². The summed E-state index contributed by atoms with van der Waals surface area (Å²) in [6.07, 6.45) is 2.86. The monoisotopic (exact) mass is 328 g/mol. The van der Waals surface area contributed by atoms with E-state index in [1.807, 2.05) is 6.92 Å². The van der Waals surface area contributed by atoms with Gasteiger partial charge in [0.15, 0.2) is 5.65 Å². The first-order chi connectivity index (χ1) is 11.3. The van der Waals surface area contributed by atoms with Crippen molar-refractivity contribution in [2.24, 2.45) is 7.05 Å². The highest BCUT2D eigenvalue weighted by Crippen LogP contribution is 2.20. The van der Waals surface area contributed by atoms with E-state index in [1.54, 1.807) is 24.7 Å². The molecule has 0 fully saturated rings. The zero-order valence-corrected chi connectivity index (χ0v) is 13.4. The maximum atomic E-state index is 12.5. The van der Waals surface area contributed by atoms with E-state index in [0.29, 0.717) is 16.9 Å². The molecule has 0 saturated carbocycles. The lowest BCUT2D eigenvalue weighted by molar-refractivity contribution is -0.137. The minimum absolute atomic E-state index is 0.267. The van der Waals surface area contributed by atoms with Gasteiger partial charge in [0, 0.05) is 18.6 Å². The van der Waals surface area contributed by atoms with E-state index >= 15 is 0 Å². The van der Waals surface area contributed by atoms with Gasteiger partial charge >= 0.3 is 5.97 Å². The number of amides is 1. The fourth-order valence-electron chi connectivity index (χ4n) is 2.51. The van der Waals surface area contributed by atoms with Gasteiger partial charge in [-0.25, -0.2) is 4.98 Å². The molecular weight excluding hydrogens is 312 g/mol. The Morgan fingerprint density at radius 3 is 2.75 bits per heavy atom. The quantitative estimate of drug-likeness (QED) is 0.741. The standard InChI is InChI=1S/C15H16N6O3/c1-8-12(4-11-9(2)19-20(3)14(11)17-8)15(24)18-10-5-16-21(6-10)7-13(22)23/h4-6H,7H2,1-3H3,(H,18,24)(H,22,23). The molecule has 0 spiro atoms. The largest absolute Gasteiger partial charge is 0.480 e. The van der Waals surface area contributed by atoms with E-state index in [9.17, 15) is 9.59 Å². The molecule has 0 saturated heterocycles. The Hall–Kier alpha value is -3.23. The summed E-state index contributed by atoms with van der Waals surface area (Å²) in [5.41, 5.74) is 2.95. The Morgan fingerprint density at radius 1 is 1.29 bits per heavy atom. The number of rotatable bonds is 4. The molecule has 3 rings (SSSR count). The van der Waals surface area contributed by atoms with Crippen molar-refractivity contribution in [2.75, 3.05) is 5.32 Å². The normalized spacial score (nSPS) is 11.0. The maximum absolute atomic E-state index is 12.5. The van der Waals surface area contributed by atoms with Gasteiger partial charge < -0.3 is 10.4 Å². The molecular formula is C15H16N6O3. The van der Waals surface area contributed by atoms with Crippen LogP contribution < -0.4 is 5.32 Å². The predicted molar refractivity (Wildman–Crippen MR) is 85.8 cm³/mol. The Bertz CT molecular complexity index is 956. The number of hydrogen-bond donors (Lipinski definition) is 2. The molecule has 0 unspecified atom stereocenters. The number of aryl methyl sites for hydroxylation is 3. The molecule has 0 aromatic carbocycles. The van der Waals surface area contributed by atoms with Crippen molar-refractivity contribution < 1.29 is 14.7 Å². The van der Waals surface area contributed by atoms with Crippen LogP contribution >= 0.6 is 0 Å². The first-order valence-corrected chi connectivity index (χ1v) is 7.21. The number of aliphatic carboxylic acids is 1. The highest BCUT2D eigenvalue weighted by Gasteiger charge is 2.16. The third-order valence-electron chi connectivity index (χ3n) is 3.62. The number of anilines is 1. The molecule has 0 aliphatic heterocycles. The Morgan fingerprint density at radius 2 is 2.04 bits per heavy atom. The SMILES string of the molecule is Cc1nc2c(cc1C(=O)Nc1cnn(CC(=O)O)c1)c(C)nn2C. The minimum atomic E-state index is -1.01. The van der Waals surface area contributed by atoms with E-state index in [1.165, 1.54) is 17.1 Å². The molecule has 24 heavy (non-hydrogen) atoms. The topological polar surface area (TPSA) is 115 Å². The summed E-state index contributed by atoms with van der Waals surface area (Å²) in [4.78, 5) is 27.6. The lowest BCUT2D eigenvalue weighted by atomic mass is 10.1. The van der Waals surface area contributed by atoms with Crippen LogP contribution in [0.4, 0.5) is 5.69 Å². The molecule has 3 aromatic rings. The smallest absolute Gasteiger partial charge is 0.325 e. The molecule has 3 heterocycles. The second-order valence-corrected chi connectivity index (χ2v) is 5.48. The third-order valence-corrected chi connectivity index (χ3v) is 3.62. The van der Waals surface area contributed by atoms with Gasteiger partial charge in [0.05, 0.1) is 28.8 Å². The third kappa shape index (κ3) is 2.83. The van der Waals surface area contributed by atoms with Gasteiger partial charge in [-0.05, 0) is 19.9 Å². The van der Waals surface area contributed by atoms with Crippen molar-refractivity contribution in [3.8, 4) is 0 Å². The summed E-state index contributed by atoms with van der Waals surface area (Å²) in [5.74, 6) is -1.34. The number of nitrogens with zero attached hydrogens (tertiary/aromatic N) is 5. The van der Waals surface area contributed by atoms with Crippen LogP contribution in [0.5, 0.6) is 0 Å². The summed E-state index contributed by atoms with van der Waals surface area (Å²) in [7, 11) is 1.80. The van der Waals surface area contributed by atoms with E-state index in [-0.39, 0.29) is 12.5 Å².